The Morgan fingerprint density at radius 2 is 1.73 bits per heavy atom. The molecule has 0 spiro atoms. The molecule has 5 amide bonds. The molecule has 7 rings (SSSR count). The maximum Gasteiger partial charge on any atom is 0.337 e. The van der Waals surface area contributed by atoms with Gasteiger partial charge >= 0.3 is 5.97 Å². The molecule has 3 aliphatic heterocycles. The van der Waals surface area contributed by atoms with E-state index >= 15 is 0 Å². The van der Waals surface area contributed by atoms with Crippen molar-refractivity contribution in [2.75, 3.05) is 36.4 Å². The van der Waals surface area contributed by atoms with Crippen molar-refractivity contribution in [2.24, 2.45) is 0 Å². The summed E-state index contributed by atoms with van der Waals surface area (Å²) in [6.07, 6.45) is 0.446. The number of para-hydroxylation sites is 1. The number of carboxylic acid groups (broad SMARTS) is 1. The molecule has 3 aliphatic rings. The Labute approximate surface area is 321 Å². The van der Waals surface area contributed by atoms with Crippen LogP contribution in [-0.2, 0) is 32.3 Å². The molecule has 2 saturated heterocycles. The van der Waals surface area contributed by atoms with E-state index in [1.54, 1.807) is 41.3 Å². The third kappa shape index (κ3) is 7.83. The third-order valence-electron chi connectivity index (χ3n) is 10.6. The number of imide groups is 1. The van der Waals surface area contributed by atoms with Crippen molar-refractivity contribution >= 4 is 58.0 Å². The van der Waals surface area contributed by atoms with Gasteiger partial charge in [-0.05, 0) is 61.2 Å². The Bertz CT molecular complexity index is 2330. The zero-order chi connectivity index (χ0) is 39.7. The van der Waals surface area contributed by atoms with E-state index in [0.717, 1.165) is 11.1 Å². The molecule has 2 fully saturated rings. The number of carbonyl (C=O) groups is 6. The molecule has 2 atom stereocenters. The average molecular weight is 763 g/mol. The molecule has 0 saturated carbocycles. The lowest BCUT2D eigenvalue weighted by Crippen LogP contribution is -2.52. The van der Waals surface area contributed by atoms with Crippen LogP contribution in [-0.4, -0.2) is 82.6 Å². The number of carboxylic acids is 1. The van der Waals surface area contributed by atoms with Crippen molar-refractivity contribution in [1.29, 1.82) is 0 Å². The number of aromatic carboxylic acids is 1. The minimum absolute atomic E-state index is 0.0130. The number of piperazine rings is 1. The summed E-state index contributed by atoms with van der Waals surface area (Å²) in [5, 5.41) is 18.4. The number of hydrogen-bond acceptors (Lipinski definition) is 10. The van der Waals surface area contributed by atoms with E-state index in [1.807, 2.05) is 30.9 Å². The lowest BCUT2D eigenvalue weighted by molar-refractivity contribution is -0.137. The molecule has 4 N–H and O–H groups in total. The van der Waals surface area contributed by atoms with E-state index in [-0.39, 0.29) is 73.4 Å². The highest BCUT2D eigenvalue weighted by atomic mass is 16.4. The van der Waals surface area contributed by atoms with Gasteiger partial charge in [-0.1, -0.05) is 30.3 Å². The standard InChI is InChI=1S/C41H42N6O9/c1-23-17-28(24(2)43-31-6-4-3-5-27(31)41(54)55)38-30(18-23)33(48)20-37(56-38)46-15-13-45(14-16-46)36(51)12-11-34(49)42-21-25-7-8-26-22-47(40(53)29(26)19-25)32-9-10-35(50)44-39(32)52/h3-8,17-20,24,32,43H,9-16,21-22H2,1-2H3,(H,42,49)(H,54,55)(H,44,50,52)/t24-,32?/m1/s1. The fourth-order valence-electron chi connectivity index (χ4n) is 7.56. The molecular weight excluding hydrogens is 720 g/mol. The summed E-state index contributed by atoms with van der Waals surface area (Å²) in [5.41, 5.74) is 4.24. The Kier molecular flexibility index (Phi) is 10.6. The van der Waals surface area contributed by atoms with E-state index < -0.39 is 24.0 Å². The predicted octanol–water partition coefficient (Wildman–Crippen LogP) is 3.48. The van der Waals surface area contributed by atoms with E-state index in [1.165, 1.54) is 17.0 Å². The molecule has 4 heterocycles. The van der Waals surface area contributed by atoms with Crippen molar-refractivity contribution in [2.45, 2.75) is 64.7 Å². The molecule has 56 heavy (non-hydrogen) atoms. The maximum absolute atomic E-state index is 13.4. The van der Waals surface area contributed by atoms with Crippen molar-refractivity contribution in [3.05, 3.63) is 104 Å². The van der Waals surface area contributed by atoms with Crippen molar-refractivity contribution in [1.82, 2.24) is 20.4 Å². The number of nitrogens with one attached hydrogen (secondary N) is 3. The first kappa shape index (κ1) is 37.8. The molecular formula is C41H42N6O9. The molecule has 15 heteroatoms. The Morgan fingerprint density at radius 1 is 0.964 bits per heavy atom. The van der Waals surface area contributed by atoms with Crippen LogP contribution >= 0.6 is 0 Å². The van der Waals surface area contributed by atoms with Crippen LogP contribution in [0.5, 0.6) is 0 Å². The molecule has 3 aromatic carbocycles. The van der Waals surface area contributed by atoms with Crippen molar-refractivity contribution < 1.29 is 38.3 Å². The van der Waals surface area contributed by atoms with Gasteiger partial charge in [0.1, 0.15) is 11.6 Å². The molecule has 290 valence electrons. The second-order valence-corrected chi connectivity index (χ2v) is 14.4. The number of hydrogen-bond donors (Lipinski definition) is 4. The summed E-state index contributed by atoms with van der Waals surface area (Å²) in [5.74, 6) is -2.28. The minimum Gasteiger partial charge on any atom is -0.478 e. The summed E-state index contributed by atoms with van der Waals surface area (Å²) in [4.78, 5) is 93.1. The molecule has 1 unspecified atom stereocenters. The molecule has 4 aromatic rings. The van der Waals surface area contributed by atoms with Gasteiger partial charge in [-0.3, -0.25) is 34.1 Å². The van der Waals surface area contributed by atoms with Crippen LogP contribution < -0.4 is 26.3 Å². The summed E-state index contributed by atoms with van der Waals surface area (Å²) in [7, 11) is 0. The summed E-state index contributed by atoms with van der Waals surface area (Å²) < 4.78 is 6.38. The number of carbonyl (C=O) groups excluding carboxylic acids is 5. The Morgan fingerprint density at radius 3 is 2.48 bits per heavy atom. The van der Waals surface area contributed by atoms with Gasteiger partial charge in [0.15, 0.2) is 11.3 Å². The van der Waals surface area contributed by atoms with E-state index in [4.69, 9.17) is 4.42 Å². The lowest BCUT2D eigenvalue weighted by Gasteiger charge is -2.35. The van der Waals surface area contributed by atoms with Gasteiger partial charge in [0.05, 0.1) is 17.0 Å². The van der Waals surface area contributed by atoms with E-state index in [2.05, 4.69) is 16.0 Å². The molecule has 0 bridgehead atoms. The van der Waals surface area contributed by atoms with Gasteiger partial charge in [-0.2, -0.15) is 0 Å². The van der Waals surface area contributed by atoms with Crippen LogP contribution in [0, 0.1) is 6.92 Å². The number of fused-ring (bicyclic) bond motifs is 2. The first-order valence-electron chi connectivity index (χ1n) is 18.6. The largest absolute Gasteiger partial charge is 0.478 e. The maximum atomic E-state index is 13.4. The van der Waals surface area contributed by atoms with Gasteiger partial charge in [-0.25, -0.2) is 4.79 Å². The zero-order valence-corrected chi connectivity index (χ0v) is 31.1. The van der Waals surface area contributed by atoms with Gasteiger partial charge in [0.2, 0.25) is 23.6 Å². The van der Waals surface area contributed by atoms with Crippen LogP contribution in [0.4, 0.5) is 11.6 Å². The van der Waals surface area contributed by atoms with Gasteiger partial charge in [0, 0.05) is 81.4 Å². The molecule has 0 aliphatic carbocycles. The monoisotopic (exact) mass is 762 g/mol. The van der Waals surface area contributed by atoms with E-state index in [0.29, 0.717) is 65.4 Å². The summed E-state index contributed by atoms with van der Waals surface area (Å²) >= 11 is 0. The average Bonchev–Trinajstić information content (AvgIpc) is 3.50. The second-order valence-electron chi connectivity index (χ2n) is 14.4. The first-order valence-corrected chi connectivity index (χ1v) is 18.6. The predicted molar refractivity (Wildman–Crippen MR) is 205 cm³/mol. The highest BCUT2D eigenvalue weighted by Gasteiger charge is 2.39. The number of rotatable bonds is 11. The third-order valence-corrected chi connectivity index (χ3v) is 10.6. The Balaban J connectivity index is 0.920. The summed E-state index contributed by atoms with van der Waals surface area (Å²) in [6.45, 7) is 5.74. The second kappa shape index (κ2) is 15.7. The number of aryl methyl sites for hydroxylation is 1. The lowest BCUT2D eigenvalue weighted by atomic mass is 10.0. The van der Waals surface area contributed by atoms with Crippen LogP contribution in [0.2, 0.25) is 0 Å². The van der Waals surface area contributed by atoms with Gasteiger partial charge in [0.25, 0.3) is 5.91 Å². The molecule has 15 nitrogen and oxygen atoms in total. The summed E-state index contributed by atoms with van der Waals surface area (Å²) in [6, 6.07) is 15.9. The fraction of sp³-hybridized carbons (Fsp3) is 0.341. The van der Waals surface area contributed by atoms with E-state index in [9.17, 15) is 38.7 Å². The number of anilines is 2. The van der Waals surface area contributed by atoms with Crippen LogP contribution in [0.15, 0.2) is 69.9 Å². The van der Waals surface area contributed by atoms with Crippen LogP contribution in [0.1, 0.15) is 81.6 Å². The number of nitrogens with zero attached hydrogens (tertiary/aromatic N) is 3. The zero-order valence-electron chi connectivity index (χ0n) is 31.1. The van der Waals surface area contributed by atoms with Crippen molar-refractivity contribution in [3.63, 3.8) is 0 Å². The smallest absolute Gasteiger partial charge is 0.337 e. The fourth-order valence-corrected chi connectivity index (χ4v) is 7.56. The highest BCUT2D eigenvalue weighted by Crippen LogP contribution is 2.32. The van der Waals surface area contributed by atoms with Gasteiger partial charge < -0.3 is 34.9 Å². The topological polar surface area (TPSA) is 199 Å². The van der Waals surface area contributed by atoms with Gasteiger partial charge in [-0.15, -0.1) is 0 Å². The quantitative estimate of drug-likeness (QED) is 0.163. The first-order chi connectivity index (χ1) is 26.9. The number of piperidine rings is 1. The van der Waals surface area contributed by atoms with Crippen LogP contribution in [0.3, 0.4) is 0 Å². The minimum atomic E-state index is -1.06. The molecule has 1 aromatic heterocycles. The number of benzene rings is 3. The van der Waals surface area contributed by atoms with Crippen molar-refractivity contribution in [3.8, 4) is 0 Å². The van der Waals surface area contributed by atoms with Crippen LogP contribution in [0.25, 0.3) is 11.0 Å². The highest BCUT2D eigenvalue weighted by molar-refractivity contribution is 6.05. The Hall–Kier alpha value is -6.51. The number of amides is 5. The molecule has 0 radical (unpaired) electrons. The SMILES string of the molecule is Cc1cc([C@@H](C)Nc2ccccc2C(=O)O)c2oc(N3CCN(C(=O)CCC(=O)NCc4ccc5c(c4)C(=O)N(C4CCC(=O)NC4=O)C5)CC3)cc(=O)c2c1. The normalized spacial score (nSPS) is 17.4.